The fraction of sp³-hybridized carbons (Fsp3) is 0.308. The van der Waals surface area contributed by atoms with Gasteiger partial charge in [0.05, 0.1) is 23.7 Å². The van der Waals surface area contributed by atoms with Crippen molar-refractivity contribution in [3.8, 4) is 22.6 Å². The third kappa shape index (κ3) is 3.02. The monoisotopic (exact) mass is 408 g/mol. The van der Waals surface area contributed by atoms with Gasteiger partial charge in [-0.2, -0.15) is 0 Å². The van der Waals surface area contributed by atoms with Crippen molar-refractivity contribution in [2.24, 2.45) is 11.8 Å². The Hall–Kier alpha value is -3.52. The minimum absolute atomic E-state index is 0.0597. The Morgan fingerprint density at radius 3 is 2.52 bits per heavy atom. The molecule has 0 radical (unpaired) electrons. The molecule has 0 saturated carbocycles. The van der Waals surface area contributed by atoms with Crippen molar-refractivity contribution in [2.45, 2.75) is 38.5 Å². The molecule has 1 aromatic carbocycles. The van der Waals surface area contributed by atoms with Gasteiger partial charge in [-0.05, 0) is 37.3 Å². The molecule has 31 heavy (non-hydrogen) atoms. The molecule has 0 saturated heterocycles. The van der Waals surface area contributed by atoms with Crippen LogP contribution in [0.3, 0.4) is 0 Å². The number of aromatic nitrogens is 3. The van der Waals surface area contributed by atoms with Crippen LogP contribution in [0.4, 0.5) is 0 Å². The van der Waals surface area contributed by atoms with Crippen molar-refractivity contribution in [1.29, 1.82) is 0 Å². The highest BCUT2D eigenvalue weighted by Gasteiger charge is 2.50. The molecular formula is C26H24N4O. The van der Waals surface area contributed by atoms with E-state index in [2.05, 4.69) is 28.9 Å². The van der Waals surface area contributed by atoms with E-state index in [0.717, 1.165) is 35.4 Å². The maximum Gasteiger partial charge on any atom is 0.203 e. The summed E-state index contributed by atoms with van der Waals surface area (Å²) in [7, 11) is 0. The fourth-order valence-corrected chi connectivity index (χ4v) is 5.46. The molecule has 5 rings (SSSR count). The molecule has 2 aliphatic carbocycles. The molecular weight excluding hydrogens is 384 g/mol. The lowest BCUT2D eigenvalue weighted by molar-refractivity contribution is 0.135. The fourth-order valence-electron chi connectivity index (χ4n) is 5.46. The summed E-state index contributed by atoms with van der Waals surface area (Å²) in [6.45, 7) is 11.9. The van der Waals surface area contributed by atoms with Crippen LogP contribution in [0.2, 0.25) is 0 Å². The predicted octanol–water partition coefficient (Wildman–Crippen LogP) is 5.75. The van der Waals surface area contributed by atoms with E-state index < -0.39 is 0 Å². The Balaban J connectivity index is 1.78. The molecule has 154 valence electrons. The first-order valence-corrected chi connectivity index (χ1v) is 10.7. The van der Waals surface area contributed by atoms with Gasteiger partial charge in [-0.25, -0.2) is 14.8 Å². The van der Waals surface area contributed by atoms with Crippen molar-refractivity contribution in [3.63, 3.8) is 0 Å². The van der Waals surface area contributed by atoms with E-state index in [4.69, 9.17) is 16.5 Å². The standard InChI is InChI=1S/C26H24N4O/c1-16-20-10-9-19-22(17-7-5-4-6-8-17)29-25(18-11-13-28-14-12-18)30-24(19)26(20,2)15-21(27-3)23(16)31/h4-8,11-14,16,20,31H,9-10,15H2,1-2H3/t16-,20+,26-/m1/s1. The normalized spacial score (nSPS) is 24.8. The Morgan fingerprint density at radius 1 is 1.06 bits per heavy atom. The molecule has 2 aromatic heterocycles. The lowest BCUT2D eigenvalue weighted by atomic mass is 9.57. The first kappa shape index (κ1) is 19.4. The van der Waals surface area contributed by atoms with Crippen molar-refractivity contribution < 1.29 is 5.11 Å². The number of allylic oxidation sites excluding steroid dienone is 2. The van der Waals surface area contributed by atoms with Gasteiger partial charge >= 0.3 is 0 Å². The van der Waals surface area contributed by atoms with E-state index in [1.54, 1.807) is 12.4 Å². The van der Waals surface area contributed by atoms with Crippen molar-refractivity contribution in [3.05, 3.63) is 89.0 Å². The van der Waals surface area contributed by atoms with Crippen LogP contribution in [0.5, 0.6) is 0 Å². The van der Waals surface area contributed by atoms with Crippen LogP contribution in [0.25, 0.3) is 27.5 Å². The third-order valence-corrected chi connectivity index (χ3v) is 7.06. The molecule has 2 aliphatic rings. The maximum absolute atomic E-state index is 10.6. The zero-order valence-corrected chi connectivity index (χ0v) is 17.7. The molecule has 3 atom stereocenters. The molecule has 5 nitrogen and oxygen atoms in total. The molecule has 2 heterocycles. The van der Waals surface area contributed by atoms with Crippen molar-refractivity contribution >= 4 is 0 Å². The third-order valence-electron chi connectivity index (χ3n) is 7.06. The lowest BCUT2D eigenvalue weighted by Gasteiger charge is -2.48. The molecule has 0 unspecified atom stereocenters. The summed E-state index contributed by atoms with van der Waals surface area (Å²) in [5, 5.41) is 10.6. The summed E-state index contributed by atoms with van der Waals surface area (Å²) in [5.74, 6) is 1.11. The van der Waals surface area contributed by atoms with Crippen LogP contribution in [0.15, 0.2) is 66.3 Å². The molecule has 5 heteroatoms. The number of benzene rings is 1. The van der Waals surface area contributed by atoms with Crippen molar-refractivity contribution in [2.75, 3.05) is 0 Å². The summed E-state index contributed by atoms with van der Waals surface area (Å²) in [5.41, 5.74) is 5.29. The van der Waals surface area contributed by atoms with Crippen molar-refractivity contribution in [1.82, 2.24) is 15.0 Å². The van der Waals surface area contributed by atoms with Crippen LogP contribution >= 0.6 is 0 Å². The van der Waals surface area contributed by atoms with Crippen LogP contribution in [-0.2, 0) is 11.8 Å². The van der Waals surface area contributed by atoms with Gasteiger partial charge in [0.15, 0.2) is 5.82 Å². The van der Waals surface area contributed by atoms with Gasteiger partial charge < -0.3 is 5.11 Å². The van der Waals surface area contributed by atoms with Gasteiger partial charge in [0, 0.05) is 40.4 Å². The number of pyridine rings is 1. The van der Waals surface area contributed by atoms with Gasteiger partial charge in [0.2, 0.25) is 5.70 Å². The molecule has 1 N–H and O–H groups in total. The SMILES string of the molecule is [C-]#[N+]C1=C(O)[C@H](C)[C@@H]2CCc3c(-c4ccccc4)nc(-c4ccncc4)nc3[C@]2(C)C1. The number of fused-ring (bicyclic) bond motifs is 3. The van der Waals surface area contributed by atoms with Crippen LogP contribution in [-0.4, -0.2) is 20.1 Å². The summed E-state index contributed by atoms with van der Waals surface area (Å²) in [4.78, 5) is 17.9. The maximum atomic E-state index is 10.6. The van der Waals surface area contributed by atoms with E-state index in [1.165, 1.54) is 5.56 Å². The Morgan fingerprint density at radius 2 is 1.81 bits per heavy atom. The quantitative estimate of drug-likeness (QED) is 0.548. The largest absolute Gasteiger partial charge is 0.523 e. The Labute approximate surface area is 182 Å². The van der Waals surface area contributed by atoms with E-state index >= 15 is 0 Å². The number of aliphatic hydroxyl groups excluding tert-OH is 1. The number of nitrogens with zero attached hydrogens (tertiary/aromatic N) is 4. The second-order valence-electron chi connectivity index (χ2n) is 8.80. The molecule has 0 amide bonds. The molecule has 0 bridgehead atoms. The minimum atomic E-state index is -0.326. The van der Waals surface area contributed by atoms with Crippen LogP contribution < -0.4 is 0 Å². The van der Waals surface area contributed by atoms with E-state index in [0.29, 0.717) is 17.9 Å². The zero-order valence-electron chi connectivity index (χ0n) is 17.7. The molecule has 0 aliphatic heterocycles. The number of hydrogen-bond donors (Lipinski definition) is 1. The van der Waals surface area contributed by atoms with Gasteiger partial charge in [0.1, 0.15) is 0 Å². The van der Waals surface area contributed by atoms with Crippen LogP contribution in [0, 0.1) is 18.4 Å². The highest BCUT2D eigenvalue weighted by Crippen LogP contribution is 2.54. The van der Waals surface area contributed by atoms with E-state index in [1.807, 2.05) is 37.3 Å². The topological polar surface area (TPSA) is 63.3 Å². The number of aliphatic hydroxyl groups is 1. The van der Waals surface area contributed by atoms with E-state index in [-0.39, 0.29) is 23.0 Å². The number of hydrogen-bond acceptors (Lipinski definition) is 4. The molecule has 0 spiro atoms. The van der Waals surface area contributed by atoms with Crippen LogP contribution in [0.1, 0.15) is 37.9 Å². The average Bonchev–Trinajstić information content (AvgIpc) is 2.82. The molecule has 3 aromatic rings. The van der Waals surface area contributed by atoms with Gasteiger partial charge in [-0.3, -0.25) is 4.98 Å². The smallest absolute Gasteiger partial charge is 0.203 e. The summed E-state index contributed by atoms with van der Waals surface area (Å²) in [6, 6.07) is 14.1. The second kappa shape index (κ2) is 7.31. The molecule has 0 fully saturated rings. The predicted molar refractivity (Wildman–Crippen MR) is 120 cm³/mol. The highest BCUT2D eigenvalue weighted by molar-refractivity contribution is 5.69. The summed E-state index contributed by atoms with van der Waals surface area (Å²) in [6.07, 6.45) is 5.82. The highest BCUT2D eigenvalue weighted by atomic mass is 16.3. The number of rotatable bonds is 2. The van der Waals surface area contributed by atoms with Gasteiger partial charge in [-0.1, -0.05) is 44.2 Å². The second-order valence-corrected chi connectivity index (χ2v) is 8.80. The van der Waals surface area contributed by atoms with Gasteiger partial charge in [-0.15, -0.1) is 0 Å². The first-order valence-electron chi connectivity index (χ1n) is 10.7. The Kier molecular flexibility index (Phi) is 4.59. The van der Waals surface area contributed by atoms with E-state index in [9.17, 15) is 5.11 Å². The Bertz CT molecular complexity index is 1210. The lowest BCUT2D eigenvalue weighted by Crippen LogP contribution is -2.45. The zero-order chi connectivity index (χ0) is 21.6. The minimum Gasteiger partial charge on any atom is -0.523 e. The summed E-state index contributed by atoms with van der Waals surface area (Å²) < 4.78 is 0. The first-order chi connectivity index (χ1) is 15.0. The van der Waals surface area contributed by atoms with Gasteiger partial charge in [0.25, 0.3) is 0 Å². The average molecular weight is 409 g/mol. The summed E-state index contributed by atoms with van der Waals surface area (Å²) >= 11 is 0.